The van der Waals surface area contributed by atoms with Crippen LogP contribution in [-0.4, -0.2) is 22.4 Å². The van der Waals surface area contributed by atoms with Crippen molar-refractivity contribution in [2.45, 2.75) is 55.8 Å². The van der Waals surface area contributed by atoms with Gasteiger partial charge in [0.05, 0.1) is 11.7 Å². The first-order valence-corrected chi connectivity index (χ1v) is 4.67. The Bertz CT molecular complexity index is 198. The Kier molecular flexibility index (Phi) is 0.961. The van der Waals surface area contributed by atoms with Crippen LogP contribution in [0.15, 0.2) is 0 Å². The van der Waals surface area contributed by atoms with Gasteiger partial charge in [0.15, 0.2) is 0 Å². The molecule has 3 rings (SSSR count). The van der Waals surface area contributed by atoms with Gasteiger partial charge in [-0.1, -0.05) is 0 Å². The van der Waals surface area contributed by atoms with E-state index >= 15 is 0 Å². The number of epoxide rings is 1. The Balaban J connectivity index is 1.88. The highest BCUT2D eigenvalue weighted by molar-refractivity contribution is 5.21. The van der Waals surface area contributed by atoms with E-state index in [9.17, 15) is 5.11 Å². The van der Waals surface area contributed by atoms with E-state index in [0.29, 0.717) is 6.10 Å². The van der Waals surface area contributed by atoms with E-state index in [1.165, 1.54) is 19.3 Å². The van der Waals surface area contributed by atoms with Gasteiger partial charge in [-0.05, 0) is 38.5 Å². The molecule has 3 aliphatic rings. The molecule has 1 heterocycles. The van der Waals surface area contributed by atoms with Gasteiger partial charge in [0.25, 0.3) is 0 Å². The predicted octanol–water partition coefficient (Wildman–Crippen LogP) is 1.22. The summed E-state index contributed by atoms with van der Waals surface area (Å²) in [6.07, 6.45) is 7.11. The number of hydrogen-bond acceptors (Lipinski definition) is 2. The quantitative estimate of drug-likeness (QED) is 0.576. The Morgan fingerprint density at radius 1 is 1.18 bits per heavy atom. The maximum Gasteiger partial charge on any atom is 0.123 e. The van der Waals surface area contributed by atoms with Crippen molar-refractivity contribution in [1.29, 1.82) is 0 Å². The maximum atomic E-state index is 10.1. The van der Waals surface area contributed by atoms with E-state index < -0.39 is 5.60 Å². The largest absolute Gasteiger partial charge is 0.387 e. The van der Waals surface area contributed by atoms with Crippen LogP contribution in [0.3, 0.4) is 0 Å². The normalized spacial score (nSPS) is 51.5. The summed E-state index contributed by atoms with van der Waals surface area (Å²) in [6.45, 7) is 0. The van der Waals surface area contributed by atoms with E-state index in [1.54, 1.807) is 0 Å². The molecule has 1 N–H and O–H groups in total. The Hall–Kier alpha value is -0.0800. The molecule has 0 radical (unpaired) electrons. The molecule has 0 amide bonds. The molecule has 1 saturated heterocycles. The van der Waals surface area contributed by atoms with Crippen molar-refractivity contribution >= 4 is 0 Å². The van der Waals surface area contributed by atoms with Crippen LogP contribution in [0.25, 0.3) is 0 Å². The molecule has 2 saturated carbocycles. The van der Waals surface area contributed by atoms with Gasteiger partial charge in [-0.25, -0.2) is 0 Å². The molecule has 0 unspecified atom stereocenters. The molecule has 0 spiro atoms. The van der Waals surface area contributed by atoms with Gasteiger partial charge in [0.2, 0.25) is 0 Å². The monoisotopic (exact) mass is 154 g/mol. The van der Waals surface area contributed by atoms with Crippen LogP contribution in [0.2, 0.25) is 0 Å². The van der Waals surface area contributed by atoms with Gasteiger partial charge in [-0.15, -0.1) is 0 Å². The first-order chi connectivity index (χ1) is 5.27. The van der Waals surface area contributed by atoms with Gasteiger partial charge in [-0.3, -0.25) is 0 Å². The number of rotatable bonds is 1. The molecule has 1 aliphatic heterocycles. The second-order valence-corrected chi connectivity index (χ2v) is 4.27. The fourth-order valence-corrected chi connectivity index (χ4v) is 2.86. The summed E-state index contributed by atoms with van der Waals surface area (Å²) < 4.78 is 5.60. The average Bonchev–Trinajstić information content (AvgIpc) is 2.51. The second kappa shape index (κ2) is 1.64. The fraction of sp³-hybridized carbons (Fsp3) is 1.00. The minimum absolute atomic E-state index is 0.0503. The third-order valence-corrected chi connectivity index (χ3v) is 3.80. The van der Waals surface area contributed by atoms with Gasteiger partial charge >= 0.3 is 0 Å². The van der Waals surface area contributed by atoms with Crippen molar-refractivity contribution in [3.8, 4) is 0 Å². The standard InChI is InChI=1S/C9H14O2/c10-8(4-2-5-8)9-6-1-3-7(9)11-9/h7,10H,1-6H2/t7-,9+/m0/s1. The summed E-state index contributed by atoms with van der Waals surface area (Å²) in [4.78, 5) is 0. The zero-order valence-corrected chi connectivity index (χ0v) is 6.68. The van der Waals surface area contributed by atoms with E-state index in [2.05, 4.69) is 0 Å². The molecule has 0 aromatic rings. The van der Waals surface area contributed by atoms with E-state index in [0.717, 1.165) is 19.3 Å². The summed E-state index contributed by atoms with van der Waals surface area (Å²) in [5.74, 6) is 0. The fourth-order valence-electron chi connectivity index (χ4n) is 2.86. The molecule has 2 atom stereocenters. The molecule has 11 heavy (non-hydrogen) atoms. The Labute approximate surface area is 66.5 Å². The summed E-state index contributed by atoms with van der Waals surface area (Å²) >= 11 is 0. The van der Waals surface area contributed by atoms with Crippen LogP contribution in [0.5, 0.6) is 0 Å². The molecule has 3 fully saturated rings. The van der Waals surface area contributed by atoms with Crippen molar-refractivity contribution in [3.63, 3.8) is 0 Å². The van der Waals surface area contributed by atoms with E-state index in [1.807, 2.05) is 0 Å². The number of fused-ring (bicyclic) bond motifs is 1. The first kappa shape index (κ1) is 6.44. The highest BCUT2D eigenvalue weighted by Gasteiger charge is 2.71. The van der Waals surface area contributed by atoms with Crippen LogP contribution in [-0.2, 0) is 4.74 Å². The lowest BCUT2D eigenvalue weighted by molar-refractivity contribution is -0.0988. The smallest absolute Gasteiger partial charge is 0.123 e. The number of hydrogen-bond donors (Lipinski definition) is 1. The summed E-state index contributed by atoms with van der Waals surface area (Å²) in [5.41, 5.74) is -0.459. The number of ether oxygens (including phenoxy) is 1. The van der Waals surface area contributed by atoms with Crippen molar-refractivity contribution in [1.82, 2.24) is 0 Å². The summed E-state index contributed by atoms with van der Waals surface area (Å²) in [6, 6.07) is 0. The minimum Gasteiger partial charge on any atom is -0.387 e. The molecular formula is C9H14O2. The first-order valence-electron chi connectivity index (χ1n) is 4.67. The zero-order chi connectivity index (χ0) is 7.53. The van der Waals surface area contributed by atoms with Crippen molar-refractivity contribution in [2.24, 2.45) is 0 Å². The lowest BCUT2D eigenvalue weighted by Crippen LogP contribution is -2.51. The van der Waals surface area contributed by atoms with Crippen LogP contribution in [0.1, 0.15) is 38.5 Å². The van der Waals surface area contributed by atoms with Gasteiger partial charge in [-0.2, -0.15) is 0 Å². The Morgan fingerprint density at radius 3 is 2.36 bits per heavy atom. The topological polar surface area (TPSA) is 32.8 Å². The van der Waals surface area contributed by atoms with Crippen molar-refractivity contribution < 1.29 is 9.84 Å². The number of aliphatic hydroxyl groups is 1. The minimum atomic E-state index is -0.409. The average molecular weight is 154 g/mol. The third-order valence-electron chi connectivity index (χ3n) is 3.80. The highest BCUT2D eigenvalue weighted by Crippen LogP contribution is 2.61. The lowest BCUT2D eigenvalue weighted by Gasteiger charge is -2.41. The molecule has 0 bridgehead atoms. The third kappa shape index (κ3) is 0.574. The second-order valence-electron chi connectivity index (χ2n) is 4.27. The van der Waals surface area contributed by atoms with Crippen LogP contribution >= 0.6 is 0 Å². The van der Waals surface area contributed by atoms with Crippen LogP contribution in [0.4, 0.5) is 0 Å². The predicted molar refractivity (Wildman–Crippen MR) is 40.3 cm³/mol. The van der Waals surface area contributed by atoms with Crippen molar-refractivity contribution in [3.05, 3.63) is 0 Å². The molecule has 0 aromatic carbocycles. The Morgan fingerprint density at radius 2 is 2.00 bits per heavy atom. The molecule has 0 aromatic heterocycles. The van der Waals surface area contributed by atoms with E-state index in [4.69, 9.17) is 4.74 Å². The van der Waals surface area contributed by atoms with E-state index in [-0.39, 0.29) is 5.60 Å². The lowest BCUT2D eigenvalue weighted by atomic mass is 9.70. The zero-order valence-electron chi connectivity index (χ0n) is 6.68. The summed E-state index contributed by atoms with van der Waals surface area (Å²) in [5, 5.41) is 10.1. The van der Waals surface area contributed by atoms with Crippen molar-refractivity contribution in [2.75, 3.05) is 0 Å². The van der Waals surface area contributed by atoms with Gasteiger partial charge in [0.1, 0.15) is 5.60 Å². The molecule has 2 aliphatic carbocycles. The molecular weight excluding hydrogens is 140 g/mol. The van der Waals surface area contributed by atoms with Gasteiger partial charge in [0, 0.05) is 0 Å². The van der Waals surface area contributed by atoms with Gasteiger partial charge < -0.3 is 9.84 Å². The van der Waals surface area contributed by atoms with Crippen LogP contribution in [0, 0.1) is 0 Å². The molecule has 2 heteroatoms. The SMILES string of the molecule is OC1([C@@]23CCC[C@@H]2O3)CCC1. The molecule has 62 valence electrons. The van der Waals surface area contributed by atoms with Crippen LogP contribution < -0.4 is 0 Å². The summed E-state index contributed by atoms with van der Waals surface area (Å²) in [7, 11) is 0. The highest BCUT2D eigenvalue weighted by atomic mass is 16.6. The maximum absolute atomic E-state index is 10.1. The molecule has 2 nitrogen and oxygen atoms in total.